The number of pyridine rings is 1. The number of fused-ring (bicyclic) bond motifs is 1. The van der Waals surface area contributed by atoms with E-state index in [1.54, 1.807) is 30.6 Å². The first-order valence-corrected chi connectivity index (χ1v) is 10.3. The molecule has 2 N–H and O–H groups in total. The Hall–Kier alpha value is -2.95. The van der Waals surface area contributed by atoms with Crippen LogP contribution in [-0.4, -0.2) is 31.6 Å². The van der Waals surface area contributed by atoms with E-state index >= 15 is 0 Å². The summed E-state index contributed by atoms with van der Waals surface area (Å²) in [5.41, 5.74) is 1.95. The first-order chi connectivity index (χ1) is 13.4. The average molecular weight is 415 g/mol. The highest BCUT2D eigenvalue weighted by atomic mass is 32.2. The molecule has 142 valence electrons. The van der Waals surface area contributed by atoms with Crippen LogP contribution in [0.1, 0.15) is 5.76 Å². The van der Waals surface area contributed by atoms with Crippen molar-refractivity contribution in [2.75, 3.05) is 7.05 Å². The molecular weight excluding hydrogens is 402 g/mol. The summed E-state index contributed by atoms with van der Waals surface area (Å²) in [6.45, 7) is 0. The molecular formula is C18H13N3O5S2. The molecule has 1 fully saturated rings. The maximum atomic E-state index is 11.9. The molecule has 2 aromatic heterocycles. The van der Waals surface area contributed by atoms with Crippen molar-refractivity contribution in [1.29, 1.82) is 0 Å². The zero-order chi connectivity index (χ0) is 19.9. The molecule has 0 saturated carbocycles. The van der Waals surface area contributed by atoms with Crippen molar-refractivity contribution in [3.63, 3.8) is 0 Å². The number of hydrogen-bond acceptors (Lipinski definition) is 7. The van der Waals surface area contributed by atoms with E-state index in [0.717, 1.165) is 17.3 Å². The minimum atomic E-state index is -3.52. The molecule has 28 heavy (non-hydrogen) atoms. The monoisotopic (exact) mass is 415 g/mol. The Labute approximate surface area is 164 Å². The van der Waals surface area contributed by atoms with Crippen LogP contribution >= 0.6 is 11.8 Å². The molecule has 1 saturated heterocycles. The van der Waals surface area contributed by atoms with Gasteiger partial charge in [-0.15, -0.1) is 0 Å². The number of hydrogen-bond donors (Lipinski definition) is 2. The summed E-state index contributed by atoms with van der Waals surface area (Å²) in [6.07, 6.45) is 4.74. The molecule has 10 heteroatoms. The van der Waals surface area contributed by atoms with Gasteiger partial charge in [-0.25, -0.2) is 13.1 Å². The van der Waals surface area contributed by atoms with Crippen LogP contribution in [0.3, 0.4) is 0 Å². The van der Waals surface area contributed by atoms with Crippen molar-refractivity contribution in [2.45, 2.75) is 4.90 Å². The van der Waals surface area contributed by atoms with Crippen LogP contribution < -0.4 is 10.0 Å². The second-order valence-corrected chi connectivity index (χ2v) is 8.74. The van der Waals surface area contributed by atoms with Crippen LogP contribution in [0.4, 0.5) is 4.79 Å². The van der Waals surface area contributed by atoms with E-state index in [1.165, 1.54) is 25.3 Å². The van der Waals surface area contributed by atoms with E-state index in [1.807, 2.05) is 0 Å². The summed E-state index contributed by atoms with van der Waals surface area (Å²) in [5.74, 6) is -0.0545. The van der Waals surface area contributed by atoms with Crippen molar-refractivity contribution < 1.29 is 22.4 Å². The Bertz CT molecular complexity index is 1240. The van der Waals surface area contributed by atoms with E-state index < -0.39 is 21.2 Å². The van der Waals surface area contributed by atoms with Gasteiger partial charge in [0, 0.05) is 29.4 Å². The number of furan rings is 1. The van der Waals surface area contributed by atoms with E-state index in [0.29, 0.717) is 22.3 Å². The number of nitrogens with zero attached hydrogens (tertiary/aromatic N) is 1. The number of sulfonamides is 1. The molecule has 0 radical (unpaired) electrons. The summed E-state index contributed by atoms with van der Waals surface area (Å²) in [6, 6.07) is 8.05. The Kier molecular flexibility index (Phi) is 4.53. The molecule has 0 bridgehead atoms. The third kappa shape index (κ3) is 3.33. The van der Waals surface area contributed by atoms with E-state index in [2.05, 4.69) is 15.0 Å². The fourth-order valence-corrected chi connectivity index (χ4v) is 4.13. The molecule has 0 unspecified atom stereocenters. The van der Waals surface area contributed by atoms with Crippen LogP contribution in [-0.2, 0) is 14.8 Å². The summed E-state index contributed by atoms with van der Waals surface area (Å²) < 4.78 is 31.9. The number of thioether (sulfide) groups is 1. The maximum absolute atomic E-state index is 11.9. The number of carbonyl (C=O) groups excluding carboxylic acids is 2. The molecule has 2 amide bonds. The lowest BCUT2D eigenvalue weighted by atomic mass is 10.1. The lowest BCUT2D eigenvalue weighted by molar-refractivity contribution is -0.115. The van der Waals surface area contributed by atoms with Gasteiger partial charge in [0.25, 0.3) is 11.1 Å². The number of rotatable bonds is 4. The van der Waals surface area contributed by atoms with Crippen LogP contribution in [0.2, 0.25) is 0 Å². The van der Waals surface area contributed by atoms with Crippen LogP contribution in [0.5, 0.6) is 0 Å². The fourth-order valence-electron chi connectivity index (χ4n) is 2.74. The van der Waals surface area contributed by atoms with Gasteiger partial charge in [-0.2, -0.15) is 0 Å². The summed E-state index contributed by atoms with van der Waals surface area (Å²) >= 11 is 0.808. The van der Waals surface area contributed by atoms with Crippen molar-refractivity contribution >= 4 is 50.0 Å². The van der Waals surface area contributed by atoms with Gasteiger partial charge in [0.05, 0.1) is 9.80 Å². The van der Waals surface area contributed by atoms with Crippen LogP contribution in [0.25, 0.3) is 28.2 Å². The quantitative estimate of drug-likeness (QED) is 0.629. The summed E-state index contributed by atoms with van der Waals surface area (Å²) in [7, 11) is -2.17. The Morgan fingerprint density at radius 1 is 1.18 bits per heavy atom. The zero-order valence-electron chi connectivity index (χ0n) is 14.4. The number of amides is 2. The van der Waals surface area contributed by atoms with Crippen molar-refractivity contribution in [3.05, 3.63) is 53.4 Å². The number of benzene rings is 1. The molecule has 0 aliphatic carbocycles. The molecule has 1 aromatic carbocycles. The third-order valence-electron chi connectivity index (χ3n) is 4.10. The summed E-state index contributed by atoms with van der Waals surface area (Å²) in [4.78, 5) is 27.6. The van der Waals surface area contributed by atoms with E-state index in [4.69, 9.17) is 4.42 Å². The number of nitrogens with one attached hydrogen (secondary N) is 2. The number of imide groups is 1. The molecule has 3 heterocycles. The minimum absolute atomic E-state index is 0.151. The van der Waals surface area contributed by atoms with Gasteiger partial charge in [-0.1, -0.05) is 12.1 Å². The normalized spacial score (nSPS) is 16.1. The van der Waals surface area contributed by atoms with Gasteiger partial charge in [0.15, 0.2) is 0 Å². The van der Waals surface area contributed by atoms with Crippen LogP contribution in [0.15, 0.2) is 56.9 Å². The predicted octanol–water partition coefficient (Wildman–Crippen LogP) is 2.73. The second kappa shape index (κ2) is 6.89. The van der Waals surface area contributed by atoms with Gasteiger partial charge in [0.2, 0.25) is 10.0 Å². The summed E-state index contributed by atoms with van der Waals surface area (Å²) in [5, 5.41) is 2.48. The van der Waals surface area contributed by atoms with Gasteiger partial charge in [-0.05, 0) is 42.6 Å². The highest BCUT2D eigenvalue weighted by Crippen LogP contribution is 2.33. The average Bonchev–Trinajstić information content (AvgIpc) is 3.23. The Morgan fingerprint density at radius 2 is 1.93 bits per heavy atom. The first kappa shape index (κ1) is 18.4. The van der Waals surface area contributed by atoms with E-state index in [-0.39, 0.29) is 9.80 Å². The molecule has 1 aliphatic rings. The standard InChI is InChI=1S/C18H13N3O5S2/c1-19-28(24,25)13-4-2-10(3-5-13)14-9-20-8-11-6-12(26-16(11)14)7-15-17(22)21-18(23)27-15/h2-9,19H,1H3,(H,21,22,23)/b15-7-. The largest absolute Gasteiger partial charge is 0.456 e. The molecule has 1 aliphatic heterocycles. The van der Waals surface area contributed by atoms with Gasteiger partial charge < -0.3 is 4.42 Å². The van der Waals surface area contributed by atoms with Crippen LogP contribution in [0, 0.1) is 0 Å². The Balaban J connectivity index is 1.75. The predicted molar refractivity (Wildman–Crippen MR) is 105 cm³/mol. The lowest BCUT2D eigenvalue weighted by Gasteiger charge is -2.05. The van der Waals surface area contributed by atoms with Gasteiger partial charge in [-0.3, -0.25) is 19.9 Å². The molecule has 8 nitrogen and oxygen atoms in total. The van der Waals surface area contributed by atoms with Gasteiger partial charge >= 0.3 is 0 Å². The number of aromatic nitrogens is 1. The minimum Gasteiger partial charge on any atom is -0.456 e. The smallest absolute Gasteiger partial charge is 0.290 e. The maximum Gasteiger partial charge on any atom is 0.290 e. The highest BCUT2D eigenvalue weighted by Gasteiger charge is 2.25. The topological polar surface area (TPSA) is 118 Å². The molecule has 4 rings (SSSR count). The zero-order valence-corrected chi connectivity index (χ0v) is 16.1. The molecule has 0 atom stereocenters. The highest BCUT2D eigenvalue weighted by molar-refractivity contribution is 8.18. The third-order valence-corrected chi connectivity index (χ3v) is 6.34. The fraction of sp³-hybridized carbons (Fsp3) is 0.0556. The SMILES string of the molecule is CNS(=O)(=O)c1ccc(-c2cncc3cc(/C=C4\SC(=O)NC4=O)oc23)cc1. The molecule has 3 aromatic rings. The first-order valence-electron chi connectivity index (χ1n) is 8.04. The second-order valence-electron chi connectivity index (χ2n) is 5.84. The molecule has 0 spiro atoms. The van der Waals surface area contributed by atoms with Crippen molar-refractivity contribution in [2.24, 2.45) is 0 Å². The van der Waals surface area contributed by atoms with Gasteiger partial charge in [0.1, 0.15) is 11.3 Å². The number of carbonyl (C=O) groups is 2. The van der Waals surface area contributed by atoms with Crippen molar-refractivity contribution in [1.82, 2.24) is 15.0 Å². The Morgan fingerprint density at radius 3 is 2.57 bits per heavy atom. The van der Waals surface area contributed by atoms with Crippen molar-refractivity contribution in [3.8, 4) is 11.1 Å². The van der Waals surface area contributed by atoms with E-state index in [9.17, 15) is 18.0 Å². The lowest BCUT2D eigenvalue weighted by Crippen LogP contribution is -2.18.